The van der Waals surface area contributed by atoms with E-state index in [1.807, 2.05) is 17.7 Å². The van der Waals surface area contributed by atoms with Crippen molar-refractivity contribution < 1.29 is 4.74 Å². The molecule has 0 saturated heterocycles. The average Bonchev–Trinajstić information content (AvgIpc) is 2.73. The van der Waals surface area contributed by atoms with Gasteiger partial charge in [0.25, 0.3) is 0 Å². The van der Waals surface area contributed by atoms with Crippen LogP contribution < -0.4 is 10.6 Å². The van der Waals surface area contributed by atoms with Gasteiger partial charge in [-0.15, -0.1) is 0 Å². The van der Waals surface area contributed by atoms with E-state index in [0.717, 1.165) is 44.1 Å². The summed E-state index contributed by atoms with van der Waals surface area (Å²) in [5.74, 6) is 0.773. The third-order valence-corrected chi connectivity index (χ3v) is 4.04. The Morgan fingerprint density at radius 3 is 2.62 bits per heavy atom. The van der Waals surface area contributed by atoms with Gasteiger partial charge in [-0.2, -0.15) is 0 Å². The standard InChI is InChI=1S/C14H24Cl2N4O/c1-17-14(18-7-5-4-6-8-21-3)19-10-11-9-12(15)13(16)20(11)2/h9H,4-8,10H2,1-3H3,(H2,17,18,19). The first kappa shape index (κ1) is 18.1. The molecule has 0 atom stereocenters. The van der Waals surface area contributed by atoms with E-state index in [0.29, 0.717) is 16.7 Å². The summed E-state index contributed by atoms with van der Waals surface area (Å²) in [4.78, 5) is 4.19. The Morgan fingerprint density at radius 1 is 1.29 bits per heavy atom. The van der Waals surface area contributed by atoms with Gasteiger partial charge >= 0.3 is 0 Å². The van der Waals surface area contributed by atoms with E-state index < -0.39 is 0 Å². The lowest BCUT2D eigenvalue weighted by atomic mass is 10.2. The van der Waals surface area contributed by atoms with Crippen molar-refractivity contribution in [3.8, 4) is 0 Å². The second kappa shape index (κ2) is 9.92. The zero-order chi connectivity index (χ0) is 15.7. The molecule has 0 unspecified atom stereocenters. The van der Waals surface area contributed by atoms with Gasteiger partial charge in [0.1, 0.15) is 5.15 Å². The lowest BCUT2D eigenvalue weighted by Gasteiger charge is -2.12. The summed E-state index contributed by atoms with van der Waals surface area (Å²) in [5.41, 5.74) is 1.01. The fraction of sp³-hybridized carbons (Fsp3) is 0.643. The van der Waals surface area contributed by atoms with Gasteiger partial charge < -0.3 is 19.9 Å². The highest BCUT2D eigenvalue weighted by atomic mass is 35.5. The molecule has 5 nitrogen and oxygen atoms in total. The van der Waals surface area contributed by atoms with E-state index in [-0.39, 0.29) is 0 Å². The van der Waals surface area contributed by atoms with Crippen molar-refractivity contribution in [3.63, 3.8) is 0 Å². The molecule has 0 radical (unpaired) electrons. The molecule has 0 fully saturated rings. The zero-order valence-electron chi connectivity index (χ0n) is 12.9. The van der Waals surface area contributed by atoms with Gasteiger partial charge in [-0.05, 0) is 25.3 Å². The van der Waals surface area contributed by atoms with Gasteiger partial charge in [0.2, 0.25) is 0 Å². The molecule has 0 saturated carbocycles. The molecule has 1 rings (SSSR count). The molecule has 0 bridgehead atoms. The van der Waals surface area contributed by atoms with Crippen LogP contribution in [0.5, 0.6) is 0 Å². The van der Waals surface area contributed by atoms with Crippen LogP contribution in [0.3, 0.4) is 0 Å². The van der Waals surface area contributed by atoms with Crippen molar-refractivity contribution in [2.45, 2.75) is 25.8 Å². The molecule has 2 N–H and O–H groups in total. The van der Waals surface area contributed by atoms with Crippen LogP contribution in [0.2, 0.25) is 10.2 Å². The molecule has 0 spiro atoms. The van der Waals surface area contributed by atoms with Crippen molar-refractivity contribution >= 4 is 29.2 Å². The minimum absolute atomic E-state index is 0.551. The number of aromatic nitrogens is 1. The summed E-state index contributed by atoms with van der Waals surface area (Å²) in [7, 11) is 5.37. The Labute approximate surface area is 136 Å². The molecule has 1 aromatic heterocycles. The minimum Gasteiger partial charge on any atom is -0.385 e. The highest BCUT2D eigenvalue weighted by Crippen LogP contribution is 2.24. The molecule has 0 aliphatic heterocycles. The van der Waals surface area contributed by atoms with Crippen LogP contribution >= 0.6 is 23.2 Å². The third kappa shape index (κ3) is 6.16. The number of nitrogens with one attached hydrogen (secondary N) is 2. The van der Waals surface area contributed by atoms with Crippen LogP contribution in [0.1, 0.15) is 25.0 Å². The van der Waals surface area contributed by atoms with Crippen LogP contribution in [-0.4, -0.2) is 37.8 Å². The van der Waals surface area contributed by atoms with Gasteiger partial charge in [0.15, 0.2) is 5.96 Å². The first-order valence-electron chi connectivity index (χ1n) is 7.03. The van der Waals surface area contributed by atoms with Gasteiger partial charge in [0, 0.05) is 40.1 Å². The Hall–Kier alpha value is -0.910. The average molecular weight is 335 g/mol. The molecular weight excluding hydrogens is 311 g/mol. The third-order valence-electron chi connectivity index (χ3n) is 3.19. The number of hydrogen-bond acceptors (Lipinski definition) is 2. The summed E-state index contributed by atoms with van der Waals surface area (Å²) in [5, 5.41) is 7.64. The summed E-state index contributed by atoms with van der Waals surface area (Å²) < 4.78 is 6.88. The van der Waals surface area contributed by atoms with Crippen molar-refractivity contribution in [2.24, 2.45) is 12.0 Å². The smallest absolute Gasteiger partial charge is 0.191 e. The maximum Gasteiger partial charge on any atom is 0.191 e. The monoisotopic (exact) mass is 334 g/mol. The molecule has 0 aliphatic rings. The molecule has 0 amide bonds. The van der Waals surface area contributed by atoms with Crippen LogP contribution in [0.4, 0.5) is 0 Å². The molecular formula is C14H24Cl2N4O. The molecule has 0 aromatic carbocycles. The van der Waals surface area contributed by atoms with Gasteiger partial charge in [-0.1, -0.05) is 23.2 Å². The number of hydrogen-bond donors (Lipinski definition) is 2. The van der Waals surface area contributed by atoms with Crippen molar-refractivity contribution in [1.29, 1.82) is 0 Å². The summed E-state index contributed by atoms with van der Waals surface area (Å²) in [6.45, 7) is 2.33. The number of ether oxygens (including phenoxy) is 1. The number of guanidine groups is 1. The number of aliphatic imine (C=N–C) groups is 1. The van der Waals surface area contributed by atoms with E-state index in [4.69, 9.17) is 27.9 Å². The molecule has 120 valence electrons. The van der Waals surface area contributed by atoms with Crippen LogP contribution in [0.25, 0.3) is 0 Å². The Kier molecular flexibility index (Phi) is 8.57. The molecule has 21 heavy (non-hydrogen) atoms. The maximum absolute atomic E-state index is 6.04. The fourth-order valence-corrected chi connectivity index (χ4v) is 2.32. The van der Waals surface area contributed by atoms with Crippen LogP contribution in [0.15, 0.2) is 11.1 Å². The fourth-order valence-electron chi connectivity index (χ4n) is 1.91. The maximum atomic E-state index is 6.04. The largest absolute Gasteiger partial charge is 0.385 e. The molecule has 1 aromatic rings. The van der Waals surface area contributed by atoms with E-state index in [1.165, 1.54) is 0 Å². The number of halogens is 2. The predicted molar refractivity (Wildman–Crippen MR) is 89.4 cm³/mol. The molecule has 0 aliphatic carbocycles. The van der Waals surface area contributed by atoms with E-state index in [1.54, 1.807) is 14.2 Å². The normalized spacial score (nSPS) is 11.8. The highest BCUT2D eigenvalue weighted by Gasteiger charge is 2.09. The minimum atomic E-state index is 0.551. The first-order chi connectivity index (χ1) is 10.1. The van der Waals surface area contributed by atoms with Crippen molar-refractivity contribution in [3.05, 3.63) is 21.9 Å². The second-order valence-electron chi connectivity index (χ2n) is 4.74. The Bertz CT molecular complexity index is 460. The van der Waals surface area contributed by atoms with E-state index >= 15 is 0 Å². The van der Waals surface area contributed by atoms with E-state index in [9.17, 15) is 0 Å². The van der Waals surface area contributed by atoms with E-state index in [2.05, 4.69) is 15.6 Å². The summed E-state index contributed by atoms with van der Waals surface area (Å²) in [6, 6.07) is 1.86. The van der Waals surface area contributed by atoms with Gasteiger partial charge in [-0.3, -0.25) is 4.99 Å². The Morgan fingerprint density at radius 2 is 2.05 bits per heavy atom. The second-order valence-corrected chi connectivity index (χ2v) is 5.50. The summed E-state index contributed by atoms with van der Waals surface area (Å²) >= 11 is 12.0. The first-order valence-corrected chi connectivity index (χ1v) is 7.78. The van der Waals surface area contributed by atoms with Gasteiger partial charge in [-0.25, -0.2) is 0 Å². The summed E-state index contributed by atoms with van der Waals surface area (Å²) in [6.07, 6.45) is 3.32. The molecule has 1 heterocycles. The Balaban J connectivity index is 2.30. The number of unbranched alkanes of at least 4 members (excludes halogenated alkanes) is 2. The topological polar surface area (TPSA) is 50.6 Å². The lowest BCUT2D eigenvalue weighted by Crippen LogP contribution is -2.37. The number of nitrogens with zero attached hydrogens (tertiary/aromatic N) is 2. The van der Waals surface area contributed by atoms with Crippen molar-refractivity contribution in [1.82, 2.24) is 15.2 Å². The van der Waals surface area contributed by atoms with Crippen molar-refractivity contribution in [2.75, 3.05) is 27.3 Å². The SMILES string of the molecule is CN=C(NCCCCCOC)NCc1cc(Cl)c(Cl)n1C. The molecule has 7 heteroatoms. The quantitative estimate of drug-likeness (QED) is 0.436. The van der Waals surface area contributed by atoms with Gasteiger partial charge in [0.05, 0.1) is 11.6 Å². The van der Waals surface area contributed by atoms with Crippen LogP contribution in [0, 0.1) is 0 Å². The number of methoxy groups -OCH3 is 1. The number of rotatable bonds is 8. The highest BCUT2D eigenvalue weighted by molar-refractivity contribution is 6.41. The predicted octanol–water partition coefficient (Wildman–Crippen LogP) is 2.81. The zero-order valence-corrected chi connectivity index (χ0v) is 14.4. The van der Waals surface area contributed by atoms with Crippen LogP contribution in [-0.2, 0) is 18.3 Å². The lowest BCUT2D eigenvalue weighted by molar-refractivity contribution is 0.192.